The third kappa shape index (κ3) is 3.28. The van der Waals surface area contributed by atoms with Crippen molar-refractivity contribution in [2.75, 3.05) is 18.0 Å². The summed E-state index contributed by atoms with van der Waals surface area (Å²) in [5.74, 6) is 0. The Morgan fingerprint density at radius 3 is 2.53 bits per heavy atom. The van der Waals surface area contributed by atoms with E-state index in [1.54, 1.807) is 0 Å². The molecule has 3 nitrogen and oxygen atoms in total. The van der Waals surface area contributed by atoms with Gasteiger partial charge in [0, 0.05) is 31.4 Å². The van der Waals surface area contributed by atoms with Gasteiger partial charge in [0.15, 0.2) is 0 Å². The molecule has 1 aliphatic heterocycles. The fraction of sp³-hybridized carbons (Fsp3) is 0.625. The summed E-state index contributed by atoms with van der Waals surface area (Å²) in [6, 6.07) is 9.53. The van der Waals surface area contributed by atoms with Gasteiger partial charge in [-0.25, -0.2) is 0 Å². The Kier molecular flexibility index (Phi) is 3.76. The predicted octanol–water partition coefficient (Wildman–Crippen LogP) is 2.55. The van der Waals surface area contributed by atoms with Crippen LogP contribution in [0, 0.1) is 0 Å². The molecule has 1 N–H and O–H groups in total. The van der Waals surface area contributed by atoms with Gasteiger partial charge in [-0.15, -0.1) is 0 Å². The number of para-hydroxylation sites is 1. The van der Waals surface area contributed by atoms with Crippen LogP contribution in [0.5, 0.6) is 0 Å². The first-order valence-electron chi connectivity index (χ1n) is 7.44. The summed E-state index contributed by atoms with van der Waals surface area (Å²) in [5, 5.41) is 3.62. The average Bonchev–Trinajstić information content (AvgIpc) is 3.19. The fourth-order valence-electron chi connectivity index (χ4n) is 2.89. The minimum absolute atomic E-state index is 0.313. The van der Waals surface area contributed by atoms with Crippen molar-refractivity contribution in [3.05, 3.63) is 29.8 Å². The molecule has 3 heteroatoms. The Labute approximate surface area is 115 Å². The monoisotopic (exact) mass is 260 g/mol. The van der Waals surface area contributed by atoms with Gasteiger partial charge in [0.25, 0.3) is 0 Å². The maximum absolute atomic E-state index is 5.83. The molecule has 3 rings (SSSR count). The Morgan fingerprint density at radius 1 is 1.16 bits per heavy atom. The average molecular weight is 260 g/mol. The van der Waals surface area contributed by atoms with Gasteiger partial charge >= 0.3 is 0 Å². The molecule has 0 amide bonds. The number of nitrogens with zero attached hydrogens (tertiary/aromatic N) is 1. The van der Waals surface area contributed by atoms with Crippen LogP contribution in [0.25, 0.3) is 0 Å². The highest BCUT2D eigenvalue weighted by molar-refractivity contribution is 5.54. The third-order valence-corrected chi connectivity index (χ3v) is 3.91. The molecular formula is C16H24N2O. The molecule has 0 bridgehead atoms. The highest BCUT2D eigenvalue weighted by Gasteiger charge is 2.25. The van der Waals surface area contributed by atoms with Crippen LogP contribution < -0.4 is 10.2 Å². The molecule has 104 valence electrons. The van der Waals surface area contributed by atoms with Crippen molar-refractivity contribution in [3.63, 3.8) is 0 Å². The molecule has 0 unspecified atom stereocenters. The standard InChI is InChI=1S/C16H24N2O/c1-12-10-18(11-13(2)19-12)16-6-4-3-5-14(16)9-17-15-7-8-15/h3-6,12-13,15,17H,7-11H2,1-2H3/t12-,13-/m0/s1. The minimum atomic E-state index is 0.313. The molecule has 1 heterocycles. The lowest BCUT2D eigenvalue weighted by molar-refractivity contribution is -0.00526. The molecule has 2 fully saturated rings. The van der Waals surface area contributed by atoms with Gasteiger partial charge in [0.2, 0.25) is 0 Å². The number of rotatable bonds is 4. The normalized spacial score (nSPS) is 27.6. The second kappa shape index (κ2) is 5.51. The van der Waals surface area contributed by atoms with Crippen LogP contribution in [0.4, 0.5) is 5.69 Å². The number of benzene rings is 1. The number of hydrogen-bond acceptors (Lipinski definition) is 3. The largest absolute Gasteiger partial charge is 0.372 e. The second-order valence-corrected chi connectivity index (χ2v) is 5.95. The van der Waals surface area contributed by atoms with Crippen LogP contribution in [0.15, 0.2) is 24.3 Å². The highest BCUT2D eigenvalue weighted by Crippen LogP contribution is 2.26. The summed E-state index contributed by atoms with van der Waals surface area (Å²) in [5.41, 5.74) is 2.79. The highest BCUT2D eigenvalue weighted by atomic mass is 16.5. The van der Waals surface area contributed by atoms with Gasteiger partial charge < -0.3 is 15.0 Å². The SMILES string of the molecule is C[C@H]1CN(c2ccccc2CNC2CC2)C[C@H](C)O1. The van der Waals surface area contributed by atoms with Crippen molar-refractivity contribution in [3.8, 4) is 0 Å². The number of ether oxygens (including phenoxy) is 1. The third-order valence-electron chi connectivity index (χ3n) is 3.91. The second-order valence-electron chi connectivity index (χ2n) is 5.95. The van der Waals surface area contributed by atoms with Crippen LogP contribution >= 0.6 is 0 Å². The van der Waals surface area contributed by atoms with E-state index in [1.807, 2.05) is 0 Å². The summed E-state index contributed by atoms with van der Waals surface area (Å²) >= 11 is 0. The van der Waals surface area contributed by atoms with Gasteiger partial charge in [0.1, 0.15) is 0 Å². The molecule has 1 aliphatic carbocycles. The van der Waals surface area contributed by atoms with Crippen molar-refractivity contribution in [2.45, 2.75) is 51.5 Å². The lowest BCUT2D eigenvalue weighted by Crippen LogP contribution is -2.46. The smallest absolute Gasteiger partial charge is 0.0726 e. The Balaban J connectivity index is 1.74. The zero-order valence-corrected chi connectivity index (χ0v) is 11.9. The molecule has 1 saturated carbocycles. The van der Waals surface area contributed by atoms with Gasteiger partial charge in [-0.3, -0.25) is 0 Å². The van der Waals surface area contributed by atoms with E-state index >= 15 is 0 Å². The van der Waals surface area contributed by atoms with E-state index < -0.39 is 0 Å². The van der Waals surface area contributed by atoms with Crippen molar-refractivity contribution < 1.29 is 4.74 Å². The summed E-state index contributed by atoms with van der Waals surface area (Å²) in [7, 11) is 0. The van der Waals surface area contributed by atoms with Crippen LogP contribution in [0.2, 0.25) is 0 Å². The maximum atomic E-state index is 5.83. The van der Waals surface area contributed by atoms with Gasteiger partial charge in [0.05, 0.1) is 12.2 Å². The molecule has 2 aliphatic rings. The molecule has 1 aromatic rings. The molecule has 0 aromatic heterocycles. The van der Waals surface area contributed by atoms with Crippen molar-refractivity contribution in [1.29, 1.82) is 0 Å². The van der Waals surface area contributed by atoms with Crippen molar-refractivity contribution in [1.82, 2.24) is 5.32 Å². The summed E-state index contributed by atoms with van der Waals surface area (Å²) in [4.78, 5) is 2.47. The van der Waals surface area contributed by atoms with Crippen LogP contribution in [0.1, 0.15) is 32.3 Å². The first-order chi connectivity index (χ1) is 9.22. The predicted molar refractivity (Wildman–Crippen MR) is 78.5 cm³/mol. The van der Waals surface area contributed by atoms with Gasteiger partial charge in [-0.05, 0) is 38.3 Å². The molecule has 1 saturated heterocycles. The number of anilines is 1. The molecule has 19 heavy (non-hydrogen) atoms. The number of hydrogen-bond donors (Lipinski definition) is 1. The van der Waals surface area contributed by atoms with E-state index in [0.29, 0.717) is 12.2 Å². The first-order valence-corrected chi connectivity index (χ1v) is 7.44. The molecule has 1 aromatic carbocycles. The molecule has 0 radical (unpaired) electrons. The number of nitrogens with one attached hydrogen (secondary N) is 1. The maximum Gasteiger partial charge on any atom is 0.0726 e. The van der Waals surface area contributed by atoms with E-state index in [-0.39, 0.29) is 0 Å². The van der Waals surface area contributed by atoms with Crippen molar-refractivity contribution >= 4 is 5.69 Å². The zero-order chi connectivity index (χ0) is 13.2. The Bertz CT molecular complexity index is 421. The molecule has 0 spiro atoms. The molecule has 2 atom stereocenters. The summed E-state index contributed by atoms with van der Waals surface area (Å²) in [6.45, 7) is 7.29. The zero-order valence-electron chi connectivity index (χ0n) is 11.9. The summed E-state index contributed by atoms with van der Waals surface area (Å²) < 4.78 is 5.83. The van der Waals surface area contributed by atoms with E-state index in [1.165, 1.54) is 24.1 Å². The first kappa shape index (κ1) is 12.9. The van der Waals surface area contributed by atoms with Crippen LogP contribution in [-0.2, 0) is 11.3 Å². The van der Waals surface area contributed by atoms with Crippen LogP contribution in [0.3, 0.4) is 0 Å². The fourth-order valence-corrected chi connectivity index (χ4v) is 2.89. The van der Waals surface area contributed by atoms with Crippen LogP contribution in [-0.4, -0.2) is 31.3 Å². The Hall–Kier alpha value is -1.06. The number of morpholine rings is 1. The molecular weight excluding hydrogens is 236 g/mol. The van der Waals surface area contributed by atoms with E-state index in [2.05, 4.69) is 48.3 Å². The minimum Gasteiger partial charge on any atom is -0.372 e. The van der Waals surface area contributed by atoms with E-state index in [9.17, 15) is 0 Å². The van der Waals surface area contributed by atoms with E-state index in [0.717, 1.165) is 25.7 Å². The van der Waals surface area contributed by atoms with E-state index in [4.69, 9.17) is 4.74 Å². The lowest BCUT2D eigenvalue weighted by Gasteiger charge is -2.37. The quantitative estimate of drug-likeness (QED) is 0.900. The van der Waals surface area contributed by atoms with Gasteiger partial charge in [-0.2, -0.15) is 0 Å². The topological polar surface area (TPSA) is 24.5 Å². The van der Waals surface area contributed by atoms with Gasteiger partial charge in [-0.1, -0.05) is 18.2 Å². The summed E-state index contributed by atoms with van der Waals surface area (Å²) in [6.07, 6.45) is 3.31. The Morgan fingerprint density at radius 2 is 1.84 bits per heavy atom. The van der Waals surface area contributed by atoms with Crippen molar-refractivity contribution in [2.24, 2.45) is 0 Å². The lowest BCUT2D eigenvalue weighted by atomic mass is 10.1.